The van der Waals surface area contributed by atoms with Gasteiger partial charge in [0.2, 0.25) is 0 Å². The van der Waals surface area contributed by atoms with Crippen LogP contribution < -0.4 is 0 Å². The second-order valence-corrected chi connectivity index (χ2v) is 3.43. The Morgan fingerprint density at radius 1 is 1.33 bits per heavy atom. The molecule has 12 heavy (non-hydrogen) atoms. The quantitative estimate of drug-likeness (QED) is 0.504. The maximum Gasteiger partial charge on any atom is 0.0127 e. The lowest BCUT2D eigenvalue weighted by molar-refractivity contribution is 1.03. The van der Waals surface area contributed by atoms with Crippen molar-refractivity contribution in [2.24, 2.45) is 0 Å². The van der Waals surface area contributed by atoms with Gasteiger partial charge in [0.25, 0.3) is 0 Å². The molecule has 62 valence electrons. The lowest BCUT2D eigenvalue weighted by Gasteiger charge is -1.98. The number of thioether (sulfide) groups is 1. The van der Waals surface area contributed by atoms with Gasteiger partial charge in [-0.2, -0.15) is 0 Å². The van der Waals surface area contributed by atoms with Crippen molar-refractivity contribution >= 4 is 11.8 Å². The van der Waals surface area contributed by atoms with Gasteiger partial charge >= 0.3 is 0 Å². The van der Waals surface area contributed by atoms with Gasteiger partial charge in [-0.1, -0.05) is 12.1 Å². The smallest absolute Gasteiger partial charge is 0.0127 e. The summed E-state index contributed by atoms with van der Waals surface area (Å²) in [5.74, 6) is 2.64. The number of hydrogen-bond acceptors (Lipinski definition) is 1. The Labute approximate surface area is 78.4 Å². The summed E-state index contributed by atoms with van der Waals surface area (Å²) in [4.78, 5) is 1.31. The molecule has 0 aromatic heterocycles. The Kier molecular flexibility index (Phi) is 3.76. The maximum absolute atomic E-state index is 5.18. The third-order valence-electron chi connectivity index (χ3n) is 1.72. The van der Waals surface area contributed by atoms with E-state index in [0.717, 1.165) is 12.8 Å². The molecule has 0 saturated carbocycles. The molecule has 0 unspecified atom stereocenters. The van der Waals surface area contributed by atoms with Gasteiger partial charge in [0, 0.05) is 11.3 Å². The molecule has 1 rings (SSSR count). The summed E-state index contributed by atoms with van der Waals surface area (Å²) >= 11 is 1.76. The molecular weight excluding hydrogens is 164 g/mol. The Morgan fingerprint density at radius 3 is 2.50 bits per heavy atom. The molecule has 0 bridgehead atoms. The van der Waals surface area contributed by atoms with Crippen molar-refractivity contribution in [1.29, 1.82) is 0 Å². The zero-order valence-electron chi connectivity index (χ0n) is 7.21. The predicted molar refractivity (Wildman–Crippen MR) is 55.4 cm³/mol. The largest absolute Gasteiger partial charge is 0.130 e. The van der Waals surface area contributed by atoms with Gasteiger partial charge in [0.05, 0.1) is 0 Å². The summed E-state index contributed by atoms with van der Waals surface area (Å²) in [6.07, 6.45) is 9.08. The second kappa shape index (κ2) is 4.90. The van der Waals surface area contributed by atoms with Crippen molar-refractivity contribution in [3.63, 3.8) is 0 Å². The van der Waals surface area contributed by atoms with Crippen LogP contribution in [0, 0.1) is 12.3 Å². The number of terminal acetylenes is 1. The highest BCUT2D eigenvalue weighted by Crippen LogP contribution is 2.15. The van der Waals surface area contributed by atoms with Crippen LogP contribution in [0.5, 0.6) is 0 Å². The van der Waals surface area contributed by atoms with Gasteiger partial charge in [-0.3, -0.25) is 0 Å². The van der Waals surface area contributed by atoms with E-state index in [4.69, 9.17) is 6.42 Å². The number of rotatable bonds is 3. The first kappa shape index (κ1) is 9.22. The fourth-order valence-electron chi connectivity index (χ4n) is 1.01. The normalized spacial score (nSPS) is 9.33. The minimum Gasteiger partial charge on any atom is -0.130 e. The Balaban J connectivity index is 2.60. The molecule has 0 saturated heterocycles. The van der Waals surface area contributed by atoms with Crippen LogP contribution in [-0.2, 0) is 6.42 Å². The van der Waals surface area contributed by atoms with Crippen LogP contribution in [0.1, 0.15) is 12.0 Å². The zero-order valence-corrected chi connectivity index (χ0v) is 8.03. The Morgan fingerprint density at radius 2 is 2.00 bits per heavy atom. The van der Waals surface area contributed by atoms with Gasteiger partial charge in [-0.05, 0) is 30.4 Å². The molecule has 0 radical (unpaired) electrons. The van der Waals surface area contributed by atoms with E-state index in [2.05, 4.69) is 36.4 Å². The van der Waals surface area contributed by atoms with Crippen LogP contribution in [0.25, 0.3) is 0 Å². The van der Waals surface area contributed by atoms with Crippen molar-refractivity contribution in [2.75, 3.05) is 6.26 Å². The van der Waals surface area contributed by atoms with E-state index in [1.807, 2.05) is 0 Å². The minimum absolute atomic E-state index is 0.832. The standard InChI is InChI=1S/C11H12S/c1-3-4-5-10-6-8-11(12-2)9-7-10/h1,6-9H,4-5H2,2H3. The first-order valence-corrected chi connectivity index (χ1v) is 5.15. The van der Waals surface area contributed by atoms with E-state index in [-0.39, 0.29) is 0 Å². The summed E-state index contributed by atoms with van der Waals surface area (Å²) in [6, 6.07) is 8.55. The molecule has 0 aliphatic rings. The molecule has 0 spiro atoms. The average molecular weight is 176 g/mol. The number of benzene rings is 1. The van der Waals surface area contributed by atoms with Crippen LogP contribution in [0.3, 0.4) is 0 Å². The number of hydrogen-bond donors (Lipinski definition) is 0. The van der Waals surface area contributed by atoms with E-state index in [9.17, 15) is 0 Å². The fourth-order valence-corrected chi connectivity index (χ4v) is 1.42. The maximum atomic E-state index is 5.18. The van der Waals surface area contributed by atoms with E-state index < -0.39 is 0 Å². The summed E-state index contributed by atoms with van der Waals surface area (Å²) in [5.41, 5.74) is 1.32. The molecular formula is C11H12S. The topological polar surface area (TPSA) is 0 Å². The summed E-state index contributed by atoms with van der Waals surface area (Å²) in [7, 11) is 0. The monoisotopic (exact) mass is 176 g/mol. The van der Waals surface area contributed by atoms with Gasteiger partial charge in [0.15, 0.2) is 0 Å². The van der Waals surface area contributed by atoms with Crippen LogP contribution in [0.2, 0.25) is 0 Å². The molecule has 0 amide bonds. The predicted octanol–water partition coefficient (Wildman–Crippen LogP) is 2.97. The minimum atomic E-state index is 0.832. The molecule has 1 aromatic carbocycles. The SMILES string of the molecule is C#CCCc1ccc(SC)cc1. The molecule has 0 heterocycles. The van der Waals surface area contributed by atoms with Crippen LogP contribution in [-0.4, -0.2) is 6.26 Å². The molecule has 0 aliphatic heterocycles. The summed E-state index contributed by atoms with van der Waals surface area (Å²) in [5, 5.41) is 0. The molecule has 0 fully saturated rings. The van der Waals surface area contributed by atoms with Crippen molar-refractivity contribution in [3.8, 4) is 12.3 Å². The average Bonchev–Trinajstić information content (AvgIpc) is 2.15. The summed E-state index contributed by atoms with van der Waals surface area (Å²) < 4.78 is 0. The van der Waals surface area contributed by atoms with Crippen LogP contribution >= 0.6 is 11.8 Å². The lowest BCUT2D eigenvalue weighted by atomic mass is 10.1. The zero-order chi connectivity index (χ0) is 8.81. The van der Waals surface area contributed by atoms with Crippen molar-refractivity contribution in [2.45, 2.75) is 17.7 Å². The first-order valence-electron chi connectivity index (χ1n) is 3.93. The Hall–Kier alpha value is -0.870. The highest BCUT2D eigenvalue weighted by Gasteiger charge is 1.91. The first-order chi connectivity index (χ1) is 5.86. The lowest BCUT2D eigenvalue weighted by Crippen LogP contribution is -1.82. The molecule has 1 heteroatoms. The van der Waals surface area contributed by atoms with Gasteiger partial charge < -0.3 is 0 Å². The van der Waals surface area contributed by atoms with Crippen LogP contribution in [0.15, 0.2) is 29.2 Å². The van der Waals surface area contributed by atoms with E-state index >= 15 is 0 Å². The van der Waals surface area contributed by atoms with Gasteiger partial charge in [0.1, 0.15) is 0 Å². The third kappa shape index (κ3) is 2.64. The highest BCUT2D eigenvalue weighted by molar-refractivity contribution is 7.98. The van der Waals surface area contributed by atoms with Crippen molar-refractivity contribution < 1.29 is 0 Å². The molecule has 0 nitrogen and oxygen atoms in total. The highest BCUT2D eigenvalue weighted by atomic mass is 32.2. The van der Waals surface area contributed by atoms with E-state index in [1.165, 1.54) is 10.5 Å². The van der Waals surface area contributed by atoms with Crippen molar-refractivity contribution in [1.82, 2.24) is 0 Å². The van der Waals surface area contributed by atoms with Crippen molar-refractivity contribution in [3.05, 3.63) is 29.8 Å². The molecule has 0 aliphatic carbocycles. The van der Waals surface area contributed by atoms with Gasteiger partial charge in [-0.25, -0.2) is 0 Å². The molecule has 0 N–H and O–H groups in total. The molecule has 1 aromatic rings. The fraction of sp³-hybridized carbons (Fsp3) is 0.273. The number of aryl methyl sites for hydroxylation is 1. The van der Waals surface area contributed by atoms with E-state index in [1.54, 1.807) is 11.8 Å². The molecule has 0 atom stereocenters. The van der Waals surface area contributed by atoms with Crippen LogP contribution in [0.4, 0.5) is 0 Å². The third-order valence-corrected chi connectivity index (χ3v) is 2.46. The van der Waals surface area contributed by atoms with Gasteiger partial charge in [-0.15, -0.1) is 24.1 Å². The summed E-state index contributed by atoms with van der Waals surface area (Å²) in [6.45, 7) is 0. The van der Waals surface area contributed by atoms with E-state index in [0.29, 0.717) is 0 Å². The second-order valence-electron chi connectivity index (χ2n) is 2.55. The Bertz CT molecular complexity index is 266.